The lowest BCUT2D eigenvalue weighted by Crippen LogP contribution is -2.28. The Kier molecular flexibility index (Phi) is 4.37. The summed E-state index contributed by atoms with van der Waals surface area (Å²) >= 11 is 0. The Bertz CT molecular complexity index is 621. The molecule has 1 aromatic carbocycles. The molecule has 22 heavy (non-hydrogen) atoms. The van der Waals surface area contributed by atoms with E-state index < -0.39 is 0 Å². The molecular formula is C18H21N3O. The van der Waals surface area contributed by atoms with Crippen LogP contribution in [-0.4, -0.2) is 10.9 Å². The van der Waals surface area contributed by atoms with Crippen LogP contribution in [0.1, 0.15) is 37.8 Å². The fourth-order valence-electron chi connectivity index (χ4n) is 2.53. The van der Waals surface area contributed by atoms with Crippen LogP contribution in [0.3, 0.4) is 0 Å². The highest BCUT2D eigenvalue weighted by molar-refractivity contribution is 5.92. The molecule has 0 bridgehead atoms. The number of carbonyl (C=O) groups excluding carboxylic acids is 1. The van der Waals surface area contributed by atoms with Gasteiger partial charge in [0, 0.05) is 12.0 Å². The minimum Gasteiger partial charge on any atom is -0.377 e. The van der Waals surface area contributed by atoms with Crippen LogP contribution in [-0.2, 0) is 4.79 Å². The van der Waals surface area contributed by atoms with E-state index in [0.717, 1.165) is 24.9 Å². The number of amides is 1. The van der Waals surface area contributed by atoms with Crippen LogP contribution in [0.5, 0.6) is 0 Å². The minimum atomic E-state index is 0.0945. The lowest BCUT2D eigenvalue weighted by molar-refractivity contribution is -0.122. The van der Waals surface area contributed by atoms with Crippen LogP contribution in [0.4, 0.5) is 11.5 Å². The summed E-state index contributed by atoms with van der Waals surface area (Å²) < 4.78 is 0. The smallest absolute Gasteiger partial charge is 0.228 e. The van der Waals surface area contributed by atoms with E-state index in [4.69, 9.17) is 0 Å². The largest absolute Gasteiger partial charge is 0.377 e. The fraction of sp³-hybridized carbons (Fsp3) is 0.333. The maximum Gasteiger partial charge on any atom is 0.228 e. The molecule has 1 amide bonds. The normalized spacial score (nSPS) is 15.7. The number of aromatic nitrogens is 1. The summed E-state index contributed by atoms with van der Waals surface area (Å²) in [4.78, 5) is 16.2. The average Bonchev–Trinajstić information content (AvgIpc) is 2.48. The highest BCUT2D eigenvalue weighted by atomic mass is 16.2. The lowest BCUT2D eigenvalue weighted by Gasteiger charge is -2.23. The standard InChI is InChI=1S/C18H21N3O/c1-13(14-6-3-2-4-7-14)20-16-10-11-17(19-12-16)21-18(22)15-8-5-9-15/h2-4,6-7,10-13,15,20H,5,8-9H2,1H3,(H,19,21,22). The maximum absolute atomic E-state index is 11.9. The Labute approximate surface area is 131 Å². The molecule has 1 fully saturated rings. The van der Waals surface area contributed by atoms with Gasteiger partial charge in [-0.05, 0) is 37.5 Å². The molecule has 1 heterocycles. The van der Waals surface area contributed by atoms with Crippen LogP contribution in [0.2, 0.25) is 0 Å². The molecule has 4 nitrogen and oxygen atoms in total. The minimum absolute atomic E-state index is 0.0945. The zero-order valence-electron chi connectivity index (χ0n) is 12.8. The van der Waals surface area contributed by atoms with Gasteiger partial charge in [-0.1, -0.05) is 36.8 Å². The Morgan fingerprint density at radius 2 is 1.95 bits per heavy atom. The molecule has 2 aromatic rings. The molecule has 0 radical (unpaired) electrons. The maximum atomic E-state index is 11.9. The first-order valence-electron chi connectivity index (χ1n) is 7.81. The van der Waals surface area contributed by atoms with Gasteiger partial charge in [-0.3, -0.25) is 4.79 Å². The third kappa shape index (κ3) is 3.45. The van der Waals surface area contributed by atoms with Gasteiger partial charge in [0.15, 0.2) is 0 Å². The number of carbonyl (C=O) groups is 1. The van der Waals surface area contributed by atoms with Crippen molar-refractivity contribution in [3.05, 3.63) is 54.2 Å². The van der Waals surface area contributed by atoms with Gasteiger partial charge in [0.05, 0.1) is 11.9 Å². The van der Waals surface area contributed by atoms with Gasteiger partial charge in [-0.15, -0.1) is 0 Å². The van der Waals surface area contributed by atoms with E-state index in [1.807, 2.05) is 30.3 Å². The molecule has 2 N–H and O–H groups in total. The van der Waals surface area contributed by atoms with Crippen molar-refractivity contribution in [3.8, 4) is 0 Å². The van der Waals surface area contributed by atoms with Crippen LogP contribution in [0, 0.1) is 5.92 Å². The third-order valence-corrected chi connectivity index (χ3v) is 4.17. The van der Waals surface area contributed by atoms with Gasteiger partial charge in [0.1, 0.15) is 5.82 Å². The average molecular weight is 295 g/mol. The SMILES string of the molecule is CC(Nc1ccc(NC(=O)C2CCC2)nc1)c1ccccc1. The van der Waals surface area contributed by atoms with Crippen molar-refractivity contribution in [1.29, 1.82) is 0 Å². The summed E-state index contributed by atoms with van der Waals surface area (Å²) in [6.07, 6.45) is 4.92. The van der Waals surface area contributed by atoms with Gasteiger partial charge < -0.3 is 10.6 Å². The predicted molar refractivity (Wildman–Crippen MR) is 88.7 cm³/mol. The number of pyridine rings is 1. The summed E-state index contributed by atoms with van der Waals surface area (Å²) in [6.45, 7) is 2.11. The van der Waals surface area contributed by atoms with Gasteiger partial charge >= 0.3 is 0 Å². The van der Waals surface area contributed by atoms with Crippen LogP contribution in [0.25, 0.3) is 0 Å². The molecule has 1 unspecified atom stereocenters. The first kappa shape index (κ1) is 14.6. The number of nitrogens with one attached hydrogen (secondary N) is 2. The van der Waals surface area contributed by atoms with E-state index >= 15 is 0 Å². The Morgan fingerprint density at radius 3 is 2.55 bits per heavy atom. The molecule has 3 rings (SSSR count). The van der Waals surface area contributed by atoms with Gasteiger partial charge in [0.2, 0.25) is 5.91 Å². The van der Waals surface area contributed by atoms with Crippen molar-refractivity contribution >= 4 is 17.4 Å². The first-order valence-corrected chi connectivity index (χ1v) is 7.81. The van der Waals surface area contributed by atoms with E-state index in [9.17, 15) is 4.79 Å². The molecule has 1 atom stereocenters. The predicted octanol–water partition coefficient (Wildman–Crippen LogP) is 3.99. The summed E-state index contributed by atoms with van der Waals surface area (Å²) in [5.74, 6) is 0.893. The summed E-state index contributed by atoms with van der Waals surface area (Å²) in [7, 11) is 0. The molecular weight excluding hydrogens is 274 g/mol. The van der Waals surface area contributed by atoms with Crippen molar-refractivity contribution in [2.24, 2.45) is 5.92 Å². The van der Waals surface area contributed by atoms with Gasteiger partial charge in [-0.25, -0.2) is 4.98 Å². The second-order valence-corrected chi connectivity index (χ2v) is 5.83. The lowest BCUT2D eigenvalue weighted by atomic mass is 9.85. The second kappa shape index (κ2) is 6.60. The molecule has 1 aliphatic rings. The summed E-state index contributed by atoms with van der Waals surface area (Å²) in [5.41, 5.74) is 2.17. The first-order chi connectivity index (χ1) is 10.7. The number of anilines is 2. The molecule has 1 aliphatic carbocycles. The van der Waals surface area contributed by atoms with Crippen LogP contribution >= 0.6 is 0 Å². The molecule has 0 saturated heterocycles. The number of hydrogen-bond acceptors (Lipinski definition) is 3. The molecule has 0 aliphatic heterocycles. The number of benzene rings is 1. The van der Waals surface area contributed by atoms with Crippen molar-refractivity contribution in [2.75, 3.05) is 10.6 Å². The number of hydrogen-bond donors (Lipinski definition) is 2. The van der Waals surface area contributed by atoms with Crippen molar-refractivity contribution in [1.82, 2.24) is 4.98 Å². The molecule has 0 spiro atoms. The Hall–Kier alpha value is -2.36. The molecule has 1 aromatic heterocycles. The Balaban J connectivity index is 1.58. The number of rotatable bonds is 5. The monoisotopic (exact) mass is 295 g/mol. The highest BCUT2D eigenvalue weighted by Crippen LogP contribution is 2.27. The Morgan fingerprint density at radius 1 is 1.18 bits per heavy atom. The van der Waals surface area contributed by atoms with E-state index in [-0.39, 0.29) is 17.9 Å². The summed E-state index contributed by atoms with van der Waals surface area (Å²) in [6, 6.07) is 14.3. The molecule has 114 valence electrons. The van der Waals surface area contributed by atoms with E-state index in [1.165, 1.54) is 5.56 Å². The topological polar surface area (TPSA) is 54.0 Å². The van der Waals surface area contributed by atoms with Crippen LogP contribution in [0.15, 0.2) is 48.7 Å². The second-order valence-electron chi connectivity index (χ2n) is 5.83. The quantitative estimate of drug-likeness (QED) is 0.877. The highest BCUT2D eigenvalue weighted by Gasteiger charge is 2.25. The van der Waals surface area contributed by atoms with E-state index in [1.54, 1.807) is 6.20 Å². The van der Waals surface area contributed by atoms with Gasteiger partial charge in [0.25, 0.3) is 0 Å². The molecule has 1 saturated carbocycles. The molecule has 4 heteroatoms. The van der Waals surface area contributed by atoms with Gasteiger partial charge in [-0.2, -0.15) is 0 Å². The fourth-order valence-corrected chi connectivity index (χ4v) is 2.53. The van der Waals surface area contributed by atoms with Crippen LogP contribution < -0.4 is 10.6 Å². The van der Waals surface area contributed by atoms with Crippen molar-refractivity contribution < 1.29 is 4.79 Å². The third-order valence-electron chi connectivity index (χ3n) is 4.17. The van der Waals surface area contributed by atoms with Crippen molar-refractivity contribution in [3.63, 3.8) is 0 Å². The zero-order valence-corrected chi connectivity index (χ0v) is 12.8. The zero-order chi connectivity index (χ0) is 15.4. The van der Waals surface area contributed by atoms with E-state index in [0.29, 0.717) is 5.82 Å². The summed E-state index contributed by atoms with van der Waals surface area (Å²) in [5, 5.41) is 6.29. The van der Waals surface area contributed by atoms with E-state index in [2.05, 4.69) is 34.7 Å². The number of nitrogens with zero attached hydrogens (tertiary/aromatic N) is 1. The van der Waals surface area contributed by atoms with Crippen molar-refractivity contribution in [2.45, 2.75) is 32.2 Å².